The summed E-state index contributed by atoms with van der Waals surface area (Å²) in [4.78, 5) is 11.0. The number of fused-ring (bicyclic) bond motifs is 1. The SMILES string of the molecule is CC(N)c1cc(F)c2c(c1)CC(=O)N2. The molecule has 1 aliphatic heterocycles. The molecule has 0 saturated heterocycles. The number of nitrogens with two attached hydrogens (primary N) is 1. The Morgan fingerprint density at radius 2 is 2.29 bits per heavy atom. The van der Waals surface area contributed by atoms with Crippen molar-refractivity contribution < 1.29 is 9.18 Å². The summed E-state index contributed by atoms with van der Waals surface area (Å²) >= 11 is 0. The molecule has 1 aromatic carbocycles. The molecule has 1 heterocycles. The van der Waals surface area contributed by atoms with Crippen LogP contribution in [0.15, 0.2) is 12.1 Å². The number of benzene rings is 1. The first-order valence-electron chi connectivity index (χ1n) is 4.45. The van der Waals surface area contributed by atoms with Gasteiger partial charge in [0.1, 0.15) is 5.82 Å². The van der Waals surface area contributed by atoms with Gasteiger partial charge in [-0.3, -0.25) is 4.79 Å². The van der Waals surface area contributed by atoms with E-state index in [4.69, 9.17) is 5.73 Å². The first-order valence-corrected chi connectivity index (χ1v) is 4.45. The summed E-state index contributed by atoms with van der Waals surface area (Å²) in [5.74, 6) is -0.568. The van der Waals surface area contributed by atoms with E-state index in [1.54, 1.807) is 13.0 Å². The van der Waals surface area contributed by atoms with E-state index in [0.717, 1.165) is 5.56 Å². The molecule has 1 aromatic rings. The molecule has 3 N–H and O–H groups in total. The second kappa shape index (κ2) is 3.06. The molecule has 3 nitrogen and oxygen atoms in total. The van der Waals surface area contributed by atoms with Crippen LogP contribution < -0.4 is 11.1 Å². The van der Waals surface area contributed by atoms with Crippen molar-refractivity contribution in [3.8, 4) is 0 Å². The van der Waals surface area contributed by atoms with Crippen LogP contribution in [0.5, 0.6) is 0 Å². The number of amides is 1. The van der Waals surface area contributed by atoms with Crippen molar-refractivity contribution in [1.82, 2.24) is 0 Å². The molecule has 1 amide bonds. The molecule has 0 fully saturated rings. The van der Waals surface area contributed by atoms with Crippen LogP contribution in [-0.4, -0.2) is 5.91 Å². The molecule has 1 unspecified atom stereocenters. The van der Waals surface area contributed by atoms with Gasteiger partial charge in [-0.1, -0.05) is 6.07 Å². The third-order valence-electron chi connectivity index (χ3n) is 2.34. The monoisotopic (exact) mass is 194 g/mol. The molecule has 0 bridgehead atoms. The molecule has 2 rings (SSSR count). The maximum absolute atomic E-state index is 13.4. The maximum Gasteiger partial charge on any atom is 0.228 e. The first-order chi connectivity index (χ1) is 6.58. The van der Waals surface area contributed by atoms with E-state index in [1.807, 2.05) is 0 Å². The smallest absolute Gasteiger partial charge is 0.228 e. The van der Waals surface area contributed by atoms with Crippen molar-refractivity contribution in [2.24, 2.45) is 5.73 Å². The Kier molecular flexibility index (Phi) is 2.00. The zero-order valence-electron chi connectivity index (χ0n) is 7.80. The van der Waals surface area contributed by atoms with E-state index in [0.29, 0.717) is 11.3 Å². The van der Waals surface area contributed by atoms with E-state index in [2.05, 4.69) is 5.32 Å². The third kappa shape index (κ3) is 1.37. The summed E-state index contributed by atoms with van der Waals surface area (Å²) in [5, 5.41) is 2.48. The Bertz CT molecular complexity index is 401. The number of nitrogens with one attached hydrogen (secondary N) is 1. The second-order valence-electron chi connectivity index (χ2n) is 3.55. The fourth-order valence-corrected chi connectivity index (χ4v) is 1.59. The van der Waals surface area contributed by atoms with Crippen LogP contribution in [0.25, 0.3) is 0 Å². The van der Waals surface area contributed by atoms with Gasteiger partial charge in [-0.25, -0.2) is 4.39 Å². The van der Waals surface area contributed by atoms with Gasteiger partial charge in [0.2, 0.25) is 5.91 Å². The molecule has 0 saturated carbocycles. The average Bonchev–Trinajstić information content (AvgIpc) is 2.45. The van der Waals surface area contributed by atoms with Gasteiger partial charge in [-0.05, 0) is 24.1 Å². The lowest BCUT2D eigenvalue weighted by molar-refractivity contribution is -0.115. The van der Waals surface area contributed by atoms with E-state index in [-0.39, 0.29) is 18.4 Å². The topological polar surface area (TPSA) is 55.1 Å². The molecule has 4 heteroatoms. The van der Waals surface area contributed by atoms with Crippen molar-refractivity contribution in [3.05, 3.63) is 29.1 Å². The zero-order valence-corrected chi connectivity index (χ0v) is 7.80. The van der Waals surface area contributed by atoms with Crippen molar-refractivity contribution >= 4 is 11.6 Å². The van der Waals surface area contributed by atoms with Gasteiger partial charge in [0.05, 0.1) is 12.1 Å². The van der Waals surface area contributed by atoms with Crippen molar-refractivity contribution in [2.45, 2.75) is 19.4 Å². The van der Waals surface area contributed by atoms with E-state index >= 15 is 0 Å². The quantitative estimate of drug-likeness (QED) is 0.708. The van der Waals surface area contributed by atoms with Gasteiger partial charge < -0.3 is 11.1 Å². The van der Waals surface area contributed by atoms with E-state index in [1.165, 1.54) is 6.07 Å². The molecule has 74 valence electrons. The van der Waals surface area contributed by atoms with Crippen molar-refractivity contribution in [3.63, 3.8) is 0 Å². The minimum Gasteiger partial charge on any atom is -0.324 e. The summed E-state index contributed by atoms with van der Waals surface area (Å²) in [7, 11) is 0. The van der Waals surface area contributed by atoms with Crippen LogP contribution in [-0.2, 0) is 11.2 Å². The van der Waals surface area contributed by atoms with Gasteiger partial charge in [0, 0.05) is 6.04 Å². The van der Waals surface area contributed by atoms with Crippen LogP contribution in [0.4, 0.5) is 10.1 Å². The molecule has 1 aliphatic rings. The van der Waals surface area contributed by atoms with Crippen LogP contribution >= 0.6 is 0 Å². The largest absolute Gasteiger partial charge is 0.324 e. The average molecular weight is 194 g/mol. The number of halogens is 1. The zero-order chi connectivity index (χ0) is 10.3. The maximum atomic E-state index is 13.4. The van der Waals surface area contributed by atoms with Crippen LogP contribution in [0, 0.1) is 5.82 Å². The lowest BCUT2D eigenvalue weighted by Crippen LogP contribution is -2.06. The van der Waals surface area contributed by atoms with Gasteiger partial charge in [0.15, 0.2) is 0 Å². The highest BCUT2D eigenvalue weighted by molar-refractivity contribution is 5.99. The highest BCUT2D eigenvalue weighted by Gasteiger charge is 2.22. The predicted octanol–water partition coefficient (Wildman–Crippen LogP) is 1.34. The minimum atomic E-state index is -0.402. The van der Waals surface area contributed by atoms with E-state index < -0.39 is 5.82 Å². The number of hydrogen-bond donors (Lipinski definition) is 2. The number of hydrogen-bond acceptors (Lipinski definition) is 2. The molecule has 0 spiro atoms. The predicted molar refractivity (Wildman–Crippen MR) is 51.3 cm³/mol. The van der Waals surface area contributed by atoms with Crippen molar-refractivity contribution in [1.29, 1.82) is 0 Å². The van der Waals surface area contributed by atoms with Gasteiger partial charge in [-0.2, -0.15) is 0 Å². The second-order valence-corrected chi connectivity index (χ2v) is 3.55. The molecule has 0 aliphatic carbocycles. The Balaban J connectivity index is 2.51. The van der Waals surface area contributed by atoms with Crippen LogP contribution in [0.3, 0.4) is 0 Å². The van der Waals surface area contributed by atoms with Crippen LogP contribution in [0.2, 0.25) is 0 Å². The number of rotatable bonds is 1. The van der Waals surface area contributed by atoms with E-state index in [9.17, 15) is 9.18 Å². The van der Waals surface area contributed by atoms with Gasteiger partial charge >= 0.3 is 0 Å². The molecular weight excluding hydrogens is 183 g/mol. The summed E-state index contributed by atoms with van der Waals surface area (Å²) in [6, 6.07) is 2.93. The van der Waals surface area contributed by atoms with Crippen molar-refractivity contribution in [2.75, 3.05) is 5.32 Å². The van der Waals surface area contributed by atoms with Crippen LogP contribution in [0.1, 0.15) is 24.1 Å². The fourth-order valence-electron chi connectivity index (χ4n) is 1.59. The number of carbonyl (C=O) groups is 1. The summed E-state index contributed by atoms with van der Waals surface area (Å²) in [6.07, 6.45) is 0.243. The molecule has 0 aromatic heterocycles. The standard InChI is InChI=1S/C10H11FN2O/c1-5(12)6-2-7-4-9(14)13-10(7)8(11)3-6/h2-3,5H,4,12H2,1H3,(H,13,14). The Labute approximate surface area is 81.1 Å². The summed E-state index contributed by atoms with van der Waals surface area (Å²) in [5.41, 5.74) is 7.36. The minimum absolute atomic E-state index is 0.166. The molecule has 1 atom stereocenters. The summed E-state index contributed by atoms with van der Waals surface area (Å²) in [6.45, 7) is 1.78. The number of anilines is 1. The highest BCUT2D eigenvalue weighted by Crippen LogP contribution is 2.29. The Hall–Kier alpha value is -1.42. The normalized spacial score (nSPS) is 16.4. The summed E-state index contributed by atoms with van der Waals surface area (Å²) < 4.78 is 13.4. The fraction of sp³-hybridized carbons (Fsp3) is 0.300. The lowest BCUT2D eigenvalue weighted by atomic mass is 10.0. The molecule has 0 radical (unpaired) electrons. The Morgan fingerprint density at radius 1 is 1.57 bits per heavy atom. The number of carbonyl (C=O) groups excluding carboxylic acids is 1. The Morgan fingerprint density at radius 3 is 2.93 bits per heavy atom. The van der Waals surface area contributed by atoms with Gasteiger partial charge in [-0.15, -0.1) is 0 Å². The molecular formula is C10H11FN2O. The lowest BCUT2D eigenvalue weighted by Gasteiger charge is -2.08. The van der Waals surface area contributed by atoms with Gasteiger partial charge in [0.25, 0.3) is 0 Å². The first kappa shape index (κ1) is 9.15. The highest BCUT2D eigenvalue weighted by atomic mass is 19.1. The molecule has 14 heavy (non-hydrogen) atoms. The third-order valence-corrected chi connectivity index (χ3v) is 2.34.